The number of aryl methyl sites for hydroxylation is 1. The van der Waals surface area contributed by atoms with Gasteiger partial charge in [0.2, 0.25) is 0 Å². The van der Waals surface area contributed by atoms with Gasteiger partial charge in [-0.1, -0.05) is 36.4 Å². The van der Waals surface area contributed by atoms with Crippen molar-refractivity contribution in [2.45, 2.75) is 32.0 Å². The van der Waals surface area contributed by atoms with Crippen LogP contribution in [0.15, 0.2) is 66.7 Å². The van der Waals surface area contributed by atoms with Crippen molar-refractivity contribution in [1.82, 2.24) is 4.90 Å². The monoisotopic (exact) mass is 512 g/mol. The third-order valence-electron chi connectivity index (χ3n) is 6.24. The predicted molar refractivity (Wildman–Crippen MR) is 134 cm³/mol. The number of benzene rings is 3. The van der Waals surface area contributed by atoms with Gasteiger partial charge in [-0.05, 0) is 47.9 Å². The summed E-state index contributed by atoms with van der Waals surface area (Å²) in [4.78, 5) is 26.6. The van der Waals surface area contributed by atoms with E-state index >= 15 is 0 Å². The molecule has 37 heavy (non-hydrogen) atoms. The molecule has 9 heteroatoms. The van der Waals surface area contributed by atoms with E-state index in [1.54, 1.807) is 66.4 Å². The highest BCUT2D eigenvalue weighted by molar-refractivity contribution is 6.09. The summed E-state index contributed by atoms with van der Waals surface area (Å²) in [6, 6.07) is 17.5. The van der Waals surface area contributed by atoms with E-state index in [4.69, 9.17) is 9.47 Å². The molecule has 2 amide bonds. The fourth-order valence-electron chi connectivity index (χ4n) is 4.44. The topological polar surface area (TPSA) is 67.9 Å². The molecule has 194 valence electrons. The van der Waals surface area contributed by atoms with Gasteiger partial charge >= 0.3 is 12.3 Å². The number of amides is 2. The van der Waals surface area contributed by atoms with E-state index in [2.05, 4.69) is 5.32 Å². The number of halogens is 3. The molecular formula is C28H27F3N2O4. The number of alkyl halides is 3. The van der Waals surface area contributed by atoms with Crippen LogP contribution in [0.2, 0.25) is 0 Å². The lowest BCUT2D eigenvalue weighted by Gasteiger charge is -2.31. The molecule has 0 radical (unpaired) electrons. The molecule has 1 N–H and O–H groups in total. The number of carbonyl (C=O) groups excluding carboxylic acids is 2. The average molecular weight is 513 g/mol. The Bertz CT molecular complexity index is 1270. The van der Waals surface area contributed by atoms with E-state index in [1.807, 2.05) is 0 Å². The zero-order valence-electron chi connectivity index (χ0n) is 20.5. The SMILES string of the molecule is COC(=O)N1CCC(Oc2cccc(NC(=O)c3cc(C(F)(F)F)cc(C)c3-c3ccccc3)c2)CC1. The van der Waals surface area contributed by atoms with Gasteiger partial charge in [0, 0.05) is 43.2 Å². The first kappa shape index (κ1) is 26.1. The second-order valence-electron chi connectivity index (χ2n) is 8.84. The minimum absolute atomic E-state index is 0.0694. The molecule has 1 aliphatic rings. The number of hydrogen-bond donors (Lipinski definition) is 1. The maximum Gasteiger partial charge on any atom is 0.416 e. The van der Waals surface area contributed by atoms with Crippen molar-refractivity contribution in [1.29, 1.82) is 0 Å². The first-order valence-electron chi connectivity index (χ1n) is 11.8. The van der Waals surface area contributed by atoms with Gasteiger partial charge in [-0.25, -0.2) is 4.79 Å². The summed E-state index contributed by atoms with van der Waals surface area (Å²) >= 11 is 0. The van der Waals surface area contributed by atoms with Gasteiger partial charge < -0.3 is 19.7 Å². The highest BCUT2D eigenvalue weighted by Crippen LogP contribution is 2.36. The maximum atomic E-state index is 13.6. The van der Waals surface area contributed by atoms with Crippen LogP contribution in [-0.2, 0) is 10.9 Å². The van der Waals surface area contributed by atoms with E-state index in [0.717, 1.165) is 12.1 Å². The van der Waals surface area contributed by atoms with Crippen molar-refractivity contribution in [3.63, 3.8) is 0 Å². The van der Waals surface area contributed by atoms with Crippen LogP contribution in [-0.4, -0.2) is 43.2 Å². The number of nitrogens with zero attached hydrogens (tertiary/aromatic N) is 1. The van der Waals surface area contributed by atoms with Crippen molar-refractivity contribution in [2.24, 2.45) is 0 Å². The Hall–Kier alpha value is -4.01. The molecule has 0 aromatic heterocycles. The molecule has 1 aliphatic heterocycles. The van der Waals surface area contributed by atoms with Gasteiger partial charge in [0.15, 0.2) is 0 Å². The number of methoxy groups -OCH3 is 1. The molecule has 1 saturated heterocycles. The molecule has 0 unspecified atom stereocenters. The van der Waals surface area contributed by atoms with Crippen molar-refractivity contribution >= 4 is 17.7 Å². The van der Waals surface area contributed by atoms with Crippen molar-refractivity contribution in [3.05, 3.63) is 83.4 Å². The summed E-state index contributed by atoms with van der Waals surface area (Å²) in [6.45, 7) is 2.57. The van der Waals surface area contributed by atoms with Gasteiger partial charge in [0.1, 0.15) is 11.9 Å². The van der Waals surface area contributed by atoms with Crippen LogP contribution >= 0.6 is 0 Å². The predicted octanol–water partition coefficient (Wildman–Crippen LogP) is 6.54. The van der Waals surface area contributed by atoms with E-state index in [-0.39, 0.29) is 17.8 Å². The van der Waals surface area contributed by atoms with Gasteiger partial charge in [-0.15, -0.1) is 0 Å². The van der Waals surface area contributed by atoms with Crippen molar-refractivity contribution in [3.8, 4) is 16.9 Å². The Morgan fingerprint density at radius 1 is 0.973 bits per heavy atom. The zero-order valence-corrected chi connectivity index (χ0v) is 20.5. The van der Waals surface area contributed by atoms with E-state index < -0.39 is 17.6 Å². The van der Waals surface area contributed by atoms with Crippen LogP contribution < -0.4 is 10.1 Å². The standard InChI is InChI=1S/C28H27F3N2O4/c1-18-15-20(28(29,30)31)16-24(25(18)19-7-4-3-5-8-19)26(34)32-21-9-6-10-23(17-21)37-22-11-13-33(14-12-22)27(35)36-2/h3-10,15-17,22H,11-14H2,1-2H3,(H,32,34). The highest BCUT2D eigenvalue weighted by atomic mass is 19.4. The summed E-state index contributed by atoms with van der Waals surface area (Å²) < 4.78 is 51.5. The lowest BCUT2D eigenvalue weighted by molar-refractivity contribution is -0.137. The summed E-state index contributed by atoms with van der Waals surface area (Å²) in [6.07, 6.45) is -3.84. The van der Waals surface area contributed by atoms with Gasteiger partial charge in [-0.2, -0.15) is 13.2 Å². The van der Waals surface area contributed by atoms with Crippen LogP contribution in [0, 0.1) is 6.92 Å². The second-order valence-corrected chi connectivity index (χ2v) is 8.84. The molecule has 0 atom stereocenters. The average Bonchev–Trinajstić information content (AvgIpc) is 2.88. The number of likely N-dealkylation sites (tertiary alicyclic amines) is 1. The number of hydrogen-bond acceptors (Lipinski definition) is 4. The minimum Gasteiger partial charge on any atom is -0.490 e. The number of ether oxygens (including phenoxy) is 2. The Labute approximate surface area is 213 Å². The third kappa shape index (κ3) is 6.22. The Morgan fingerprint density at radius 3 is 2.32 bits per heavy atom. The molecule has 0 aliphatic carbocycles. The Kier molecular flexibility index (Phi) is 7.71. The second kappa shape index (κ2) is 10.9. The minimum atomic E-state index is -4.59. The van der Waals surface area contributed by atoms with Gasteiger partial charge in [-0.3, -0.25) is 4.79 Å². The first-order valence-corrected chi connectivity index (χ1v) is 11.8. The maximum absolute atomic E-state index is 13.6. The van der Waals surface area contributed by atoms with Crippen molar-refractivity contribution in [2.75, 3.05) is 25.5 Å². The van der Waals surface area contributed by atoms with Crippen LogP contribution in [0.3, 0.4) is 0 Å². The molecule has 4 rings (SSSR count). The van der Waals surface area contributed by atoms with E-state index in [9.17, 15) is 22.8 Å². The van der Waals surface area contributed by atoms with Crippen LogP contribution in [0.1, 0.15) is 34.3 Å². The smallest absolute Gasteiger partial charge is 0.416 e. The summed E-state index contributed by atoms with van der Waals surface area (Å²) in [7, 11) is 1.34. The van der Waals surface area contributed by atoms with Gasteiger partial charge in [0.25, 0.3) is 5.91 Å². The number of anilines is 1. The lowest BCUT2D eigenvalue weighted by Crippen LogP contribution is -2.41. The highest BCUT2D eigenvalue weighted by Gasteiger charge is 2.33. The van der Waals surface area contributed by atoms with E-state index in [1.165, 1.54) is 7.11 Å². The van der Waals surface area contributed by atoms with Crippen LogP contribution in [0.4, 0.5) is 23.7 Å². The lowest BCUT2D eigenvalue weighted by atomic mass is 9.92. The molecule has 3 aromatic carbocycles. The van der Waals surface area contributed by atoms with Crippen LogP contribution in [0.25, 0.3) is 11.1 Å². The van der Waals surface area contributed by atoms with Gasteiger partial charge in [0.05, 0.1) is 12.7 Å². The Morgan fingerprint density at radius 2 is 1.68 bits per heavy atom. The van der Waals surface area contributed by atoms with Crippen molar-refractivity contribution < 1.29 is 32.2 Å². The molecule has 1 heterocycles. The zero-order chi connectivity index (χ0) is 26.6. The normalized spacial score (nSPS) is 14.2. The number of carbonyl (C=O) groups is 2. The van der Waals surface area contributed by atoms with E-state index in [0.29, 0.717) is 54.1 Å². The fourth-order valence-corrected chi connectivity index (χ4v) is 4.44. The number of nitrogens with one attached hydrogen (secondary N) is 1. The number of piperidine rings is 1. The first-order chi connectivity index (χ1) is 17.7. The fraction of sp³-hybridized carbons (Fsp3) is 0.286. The molecule has 6 nitrogen and oxygen atoms in total. The number of rotatable bonds is 5. The Balaban J connectivity index is 1.55. The molecule has 3 aromatic rings. The third-order valence-corrected chi connectivity index (χ3v) is 6.24. The summed E-state index contributed by atoms with van der Waals surface area (Å²) in [5.74, 6) is -0.144. The largest absolute Gasteiger partial charge is 0.490 e. The summed E-state index contributed by atoms with van der Waals surface area (Å²) in [5.41, 5.74) is 0.875. The van der Waals surface area contributed by atoms with Crippen LogP contribution in [0.5, 0.6) is 5.75 Å². The molecule has 0 bridgehead atoms. The molecular weight excluding hydrogens is 485 g/mol. The summed E-state index contributed by atoms with van der Waals surface area (Å²) in [5, 5.41) is 2.73. The quantitative estimate of drug-likeness (QED) is 0.421. The molecule has 0 spiro atoms. The molecule has 1 fully saturated rings. The molecule has 0 saturated carbocycles.